The molecule has 0 spiro atoms. The number of carboxylic acids is 1. The van der Waals surface area contributed by atoms with Crippen LogP contribution in [-0.2, 0) is 25.6 Å². The number of aliphatic carboxylic acids is 1. The van der Waals surface area contributed by atoms with Crippen LogP contribution in [0.2, 0.25) is 0 Å². The lowest BCUT2D eigenvalue weighted by atomic mass is 9.46. The first-order valence-corrected chi connectivity index (χ1v) is 16.4. The Morgan fingerprint density at radius 3 is 2.67 bits per heavy atom. The number of aromatic amines is 1. The van der Waals surface area contributed by atoms with Gasteiger partial charge in [0, 0.05) is 28.9 Å². The summed E-state index contributed by atoms with van der Waals surface area (Å²) in [6.45, 7) is 3.86. The fourth-order valence-electron chi connectivity index (χ4n) is 9.27. The minimum Gasteiger partial charge on any atom is -0.480 e. The Labute approximate surface area is 269 Å². The Balaban J connectivity index is 0.987. The van der Waals surface area contributed by atoms with Crippen LogP contribution in [0.15, 0.2) is 47.3 Å². The topological polar surface area (TPSA) is 153 Å². The number of nitrogens with zero attached hydrogens (tertiary/aromatic N) is 1. The zero-order chi connectivity index (χ0) is 32.7. The number of carbonyl (C=O) groups excluding carboxylic acids is 2. The number of carboxylic acid groups (broad SMARTS) is 1. The standard InChI is InChI=1S/C36H44N4O6/c1-4-36(45)16-13-28-26-10-9-23-18-24(11-14-34(23,2)27(26)12-15-35(28,36)3)40-46-21-32(42)38-20-31(41)39-30(33(43)44)17-22-19-37-29-8-6-5-7-25(22)29/h1,5-8,18-19,26-28,30,37,45H,9-17,20-21H2,2-3H3,(H,38,42)(H,39,41)(H,43,44)/b40-24+/t26-,27+,28+,30-,34+,35+,36-/m1/s1. The van der Waals surface area contributed by atoms with E-state index in [9.17, 15) is 24.6 Å². The van der Waals surface area contributed by atoms with Gasteiger partial charge in [-0.25, -0.2) is 4.79 Å². The fraction of sp³-hybridized carbons (Fsp3) is 0.556. The molecule has 10 nitrogen and oxygen atoms in total. The Hall–Kier alpha value is -4.10. The van der Waals surface area contributed by atoms with E-state index in [1.54, 1.807) is 6.20 Å². The average Bonchev–Trinajstić information content (AvgIpc) is 3.57. The third-order valence-corrected chi connectivity index (χ3v) is 11.9. The number of aliphatic hydroxyl groups is 1. The number of amides is 2. The van der Waals surface area contributed by atoms with E-state index >= 15 is 0 Å². The van der Waals surface area contributed by atoms with Crippen molar-refractivity contribution in [2.24, 2.45) is 33.7 Å². The average molecular weight is 629 g/mol. The molecule has 3 fully saturated rings. The summed E-state index contributed by atoms with van der Waals surface area (Å²) >= 11 is 0. The maximum Gasteiger partial charge on any atom is 0.326 e. The van der Waals surface area contributed by atoms with Crippen LogP contribution in [0.25, 0.3) is 10.9 Å². The molecule has 1 aromatic carbocycles. The summed E-state index contributed by atoms with van der Waals surface area (Å²) in [6.07, 6.45) is 17.3. The van der Waals surface area contributed by atoms with Crippen LogP contribution in [0.1, 0.15) is 70.8 Å². The van der Waals surface area contributed by atoms with Crippen molar-refractivity contribution in [2.45, 2.75) is 83.3 Å². The quantitative estimate of drug-likeness (QED) is 0.208. The first-order chi connectivity index (χ1) is 22.0. The van der Waals surface area contributed by atoms with Gasteiger partial charge in [-0.1, -0.05) is 48.7 Å². The summed E-state index contributed by atoms with van der Waals surface area (Å²) in [4.78, 5) is 45.2. The van der Waals surface area contributed by atoms with Gasteiger partial charge in [-0.2, -0.15) is 0 Å². The number of fused-ring (bicyclic) bond motifs is 6. The summed E-state index contributed by atoms with van der Waals surface area (Å²) in [5, 5.41) is 31.0. The summed E-state index contributed by atoms with van der Waals surface area (Å²) in [7, 11) is 0. The highest BCUT2D eigenvalue weighted by atomic mass is 16.6. The third-order valence-electron chi connectivity index (χ3n) is 11.9. The lowest BCUT2D eigenvalue weighted by Crippen LogP contribution is -2.54. The highest BCUT2D eigenvalue weighted by Gasteiger charge is 2.63. The normalized spacial score (nSPS) is 33.1. The summed E-state index contributed by atoms with van der Waals surface area (Å²) in [6, 6.07) is 6.39. The Bertz CT molecular complexity index is 1640. The number of benzene rings is 1. The number of hydrogen-bond acceptors (Lipinski definition) is 6. The van der Waals surface area contributed by atoms with Crippen molar-refractivity contribution in [2.75, 3.05) is 13.2 Å². The van der Waals surface area contributed by atoms with Crippen molar-refractivity contribution in [1.29, 1.82) is 0 Å². The zero-order valence-corrected chi connectivity index (χ0v) is 26.6. The first kappa shape index (κ1) is 31.9. The van der Waals surface area contributed by atoms with Gasteiger partial charge in [0.2, 0.25) is 5.91 Å². The second-order valence-corrected chi connectivity index (χ2v) is 14.2. The van der Waals surface area contributed by atoms with Gasteiger partial charge in [-0.15, -0.1) is 6.42 Å². The molecule has 4 aliphatic carbocycles. The van der Waals surface area contributed by atoms with Crippen LogP contribution < -0.4 is 10.6 Å². The van der Waals surface area contributed by atoms with E-state index in [-0.39, 0.29) is 30.4 Å². The van der Waals surface area contributed by atoms with Gasteiger partial charge < -0.3 is 30.7 Å². The second-order valence-electron chi connectivity index (χ2n) is 14.2. The molecule has 46 heavy (non-hydrogen) atoms. The number of para-hydroxylation sites is 1. The van der Waals surface area contributed by atoms with Crippen LogP contribution in [0.3, 0.4) is 0 Å². The van der Waals surface area contributed by atoms with Crippen molar-refractivity contribution >= 4 is 34.4 Å². The zero-order valence-electron chi connectivity index (χ0n) is 26.6. The molecule has 1 aromatic heterocycles. The smallest absolute Gasteiger partial charge is 0.326 e. The van der Waals surface area contributed by atoms with Gasteiger partial charge in [0.15, 0.2) is 6.61 Å². The first-order valence-electron chi connectivity index (χ1n) is 16.4. The van der Waals surface area contributed by atoms with Gasteiger partial charge in [-0.3, -0.25) is 9.59 Å². The van der Waals surface area contributed by atoms with Crippen LogP contribution in [0.4, 0.5) is 0 Å². The number of rotatable bonds is 9. The predicted molar refractivity (Wildman–Crippen MR) is 173 cm³/mol. The van der Waals surface area contributed by atoms with Crippen LogP contribution in [-0.4, -0.2) is 63.5 Å². The Kier molecular flexibility index (Phi) is 8.49. The number of nitrogens with one attached hydrogen (secondary N) is 3. The van der Waals surface area contributed by atoms with E-state index in [1.807, 2.05) is 24.3 Å². The molecule has 10 heteroatoms. The molecule has 0 unspecified atom stereocenters. The molecule has 1 heterocycles. The second kappa shape index (κ2) is 12.3. The summed E-state index contributed by atoms with van der Waals surface area (Å²) in [5.41, 5.74) is 2.72. The minimum absolute atomic E-state index is 0.0763. The summed E-state index contributed by atoms with van der Waals surface area (Å²) < 4.78 is 0. The van der Waals surface area contributed by atoms with Crippen molar-refractivity contribution in [1.82, 2.24) is 15.6 Å². The van der Waals surface area contributed by atoms with Crippen molar-refractivity contribution < 1.29 is 29.4 Å². The molecule has 3 saturated carbocycles. The van der Waals surface area contributed by atoms with Crippen LogP contribution in [0, 0.1) is 40.9 Å². The van der Waals surface area contributed by atoms with E-state index in [2.05, 4.69) is 46.6 Å². The van der Waals surface area contributed by atoms with Gasteiger partial charge in [0.25, 0.3) is 5.91 Å². The molecule has 2 aromatic rings. The lowest BCUT2D eigenvalue weighted by Gasteiger charge is -2.58. The predicted octanol–water partition coefficient (Wildman–Crippen LogP) is 4.10. The monoisotopic (exact) mass is 628 g/mol. The van der Waals surface area contributed by atoms with Gasteiger partial charge in [-0.05, 0) is 92.2 Å². The maximum absolute atomic E-state index is 12.5. The largest absolute Gasteiger partial charge is 0.480 e. The van der Waals surface area contributed by atoms with Crippen molar-refractivity contribution in [3.63, 3.8) is 0 Å². The van der Waals surface area contributed by atoms with E-state index in [1.165, 1.54) is 5.57 Å². The molecule has 5 N–H and O–H groups in total. The van der Waals surface area contributed by atoms with E-state index in [0.29, 0.717) is 24.2 Å². The number of oxime groups is 1. The number of aromatic nitrogens is 1. The Morgan fingerprint density at radius 1 is 1.11 bits per heavy atom. The number of H-pyrrole nitrogens is 1. The molecule has 0 aliphatic heterocycles. The SMILES string of the molecule is C#C[C@@]1(O)CC[C@H]2[C@@H]3CCC4=C/C(=N/OCC(=O)NCC(=O)N[C@H](Cc5c[nH]c6ccccc56)C(=O)O)CC[C@]4(C)[C@H]3CC[C@@]21C. The van der Waals surface area contributed by atoms with Gasteiger partial charge >= 0.3 is 5.97 Å². The molecule has 0 bridgehead atoms. The Morgan fingerprint density at radius 2 is 1.89 bits per heavy atom. The molecular weight excluding hydrogens is 584 g/mol. The molecular formula is C36H44N4O6. The van der Waals surface area contributed by atoms with Crippen molar-refractivity contribution in [3.8, 4) is 12.3 Å². The molecule has 244 valence electrons. The maximum atomic E-state index is 12.5. The number of allylic oxidation sites excluding steroid dienone is 2. The number of hydrogen-bond donors (Lipinski definition) is 5. The minimum atomic E-state index is -1.16. The van der Waals surface area contributed by atoms with Gasteiger partial charge in [0.1, 0.15) is 11.6 Å². The number of carbonyl (C=O) groups is 3. The van der Waals surface area contributed by atoms with Gasteiger partial charge in [0.05, 0.1) is 12.3 Å². The van der Waals surface area contributed by atoms with E-state index in [0.717, 1.165) is 67.1 Å². The highest BCUT2D eigenvalue weighted by Crippen LogP contribution is 2.67. The fourth-order valence-corrected chi connectivity index (χ4v) is 9.27. The summed E-state index contributed by atoms with van der Waals surface area (Å²) in [5.74, 6) is 2.01. The molecule has 0 saturated heterocycles. The van der Waals surface area contributed by atoms with E-state index < -0.39 is 29.4 Å². The molecule has 6 rings (SSSR count). The molecule has 7 atom stereocenters. The number of terminal acetylenes is 1. The molecule has 2 amide bonds. The lowest BCUT2D eigenvalue weighted by molar-refractivity contribution is -0.141. The highest BCUT2D eigenvalue weighted by molar-refractivity contribution is 5.96. The van der Waals surface area contributed by atoms with Crippen LogP contribution in [0.5, 0.6) is 0 Å². The molecule has 0 radical (unpaired) electrons. The third kappa shape index (κ3) is 5.59. The van der Waals surface area contributed by atoms with Crippen LogP contribution >= 0.6 is 0 Å². The van der Waals surface area contributed by atoms with E-state index in [4.69, 9.17) is 11.3 Å². The van der Waals surface area contributed by atoms with Crippen molar-refractivity contribution in [3.05, 3.63) is 47.7 Å². The molecule has 4 aliphatic rings.